The van der Waals surface area contributed by atoms with Gasteiger partial charge in [-0.15, -0.1) is 12.4 Å². The molecule has 0 saturated carbocycles. The number of phenolic OH excluding ortho intramolecular Hbond substituents is 2. The van der Waals surface area contributed by atoms with Crippen LogP contribution in [0.1, 0.15) is 37.3 Å². The summed E-state index contributed by atoms with van der Waals surface area (Å²) in [4.78, 5) is 2.21. The average molecular weight is 284 g/mol. The first-order chi connectivity index (χ1) is 8.49. The van der Waals surface area contributed by atoms with Gasteiger partial charge in [0.1, 0.15) is 11.5 Å². The molecule has 4 heteroatoms. The molecule has 1 aromatic carbocycles. The van der Waals surface area contributed by atoms with Gasteiger partial charge in [0.2, 0.25) is 0 Å². The number of rotatable bonds is 2. The van der Waals surface area contributed by atoms with Gasteiger partial charge in [0, 0.05) is 13.1 Å². The molecular weight excluding hydrogens is 262 g/mol. The minimum Gasteiger partial charge on any atom is -0.507 e. The summed E-state index contributed by atoms with van der Waals surface area (Å²) in [5.74, 6) is 0.673. The quantitative estimate of drug-likeness (QED) is 0.875. The fraction of sp³-hybridized carbons (Fsp3) is 0.467. The molecule has 1 aliphatic heterocycles. The smallest absolute Gasteiger partial charge is 0.127 e. The summed E-state index contributed by atoms with van der Waals surface area (Å²) in [5, 5.41) is 20.2. The van der Waals surface area contributed by atoms with Crippen LogP contribution in [0.3, 0.4) is 0 Å². The number of hydrogen-bond donors (Lipinski definition) is 2. The van der Waals surface area contributed by atoms with Gasteiger partial charge in [-0.3, -0.25) is 0 Å². The lowest BCUT2D eigenvalue weighted by Gasteiger charge is -2.23. The number of halogens is 1. The van der Waals surface area contributed by atoms with Gasteiger partial charge in [0.15, 0.2) is 0 Å². The predicted molar refractivity (Wildman–Crippen MR) is 81.2 cm³/mol. The molecule has 0 spiro atoms. The molecule has 0 aromatic heterocycles. The predicted octanol–water partition coefficient (Wildman–Crippen LogP) is 3.36. The van der Waals surface area contributed by atoms with Crippen LogP contribution in [-0.4, -0.2) is 35.3 Å². The first-order valence-electron chi connectivity index (χ1n) is 6.43. The largest absolute Gasteiger partial charge is 0.507 e. The highest BCUT2D eigenvalue weighted by Gasteiger charge is 2.18. The van der Waals surface area contributed by atoms with Crippen LogP contribution in [0.4, 0.5) is 0 Å². The Hall–Kier alpha value is -1.19. The van der Waals surface area contributed by atoms with Crippen LogP contribution in [0.2, 0.25) is 0 Å². The SMILES string of the molecule is CC(C)c1cc(O)c(C2=CCN(C)CC2)c(O)c1.Cl. The Labute approximate surface area is 121 Å². The molecular formula is C15H22ClNO2. The summed E-state index contributed by atoms with van der Waals surface area (Å²) in [5.41, 5.74) is 2.60. The molecule has 3 nitrogen and oxygen atoms in total. The molecule has 2 N–H and O–H groups in total. The molecule has 0 saturated heterocycles. The van der Waals surface area contributed by atoms with Crippen LogP contribution < -0.4 is 0 Å². The standard InChI is InChI=1S/C15H21NO2.ClH/c1-10(2)12-8-13(17)15(14(18)9-12)11-4-6-16(3)7-5-11;/h4,8-10,17-18H,5-7H2,1-3H3;1H. The highest BCUT2D eigenvalue weighted by atomic mass is 35.5. The van der Waals surface area contributed by atoms with Crippen molar-refractivity contribution in [2.75, 3.05) is 20.1 Å². The Kier molecular flexibility index (Phi) is 5.27. The summed E-state index contributed by atoms with van der Waals surface area (Å²) < 4.78 is 0. The van der Waals surface area contributed by atoms with Crippen LogP contribution in [0, 0.1) is 0 Å². The van der Waals surface area contributed by atoms with Gasteiger partial charge in [-0.1, -0.05) is 19.9 Å². The number of phenols is 2. The first kappa shape index (κ1) is 15.9. The lowest BCUT2D eigenvalue weighted by atomic mass is 9.93. The van der Waals surface area contributed by atoms with Gasteiger partial charge >= 0.3 is 0 Å². The van der Waals surface area contributed by atoms with Crippen molar-refractivity contribution in [1.82, 2.24) is 4.90 Å². The molecule has 0 aliphatic carbocycles. The summed E-state index contributed by atoms with van der Waals surface area (Å²) in [6.45, 7) is 5.90. The van der Waals surface area contributed by atoms with Crippen LogP contribution in [0.15, 0.2) is 18.2 Å². The molecule has 2 rings (SSSR count). The molecule has 1 heterocycles. The van der Waals surface area contributed by atoms with Crippen LogP contribution >= 0.6 is 12.4 Å². The summed E-state index contributed by atoms with van der Waals surface area (Å²) in [7, 11) is 2.06. The number of nitrogens with zero attached hydrogens (tertiary/aromatic N) is 1. The van der Waals surface area contributed by atoms with Crippen molar-refractivity contribution in [2.24, 2.45) is 0 Å². The Balaban J connectivity index is 0.00000180. The van der Waals surface area contributed by atoms with E-state index in [1.54, 1.807) is 12.1 Å². The maximum atomic E-state index is 10.1. The fourth-order valence-electron chi connectivity index (χ4n) is 2.29. The third kappa shape index (κ3) is 3.43. The molecule has 1 aliphatic rings. The number of hydrogen-bond acceptors (Lipinski definition) is 3. The minimum atomic E-state index is 0. The van der Waals surface area contributed by atoms with Gasteiger partial charge in [0.05, 0.1) is 5.56 Å². The van der Waals surface area contributed by atoms with E-state index >= 15 is 0 Å². The number of benzene rings is 1. The second-order valence-electron chi connectivity index (χ2n) is 5.33. The van der Waals surface area contributed by atoms with E-state index in [9.17, 15) is 10.2 Å². The Bertz CT molecular complexity index is 460. The van der Waals surface area contributed by atoms with Crippen molar-refractivity contribution in [3.05, 3.63) is 29.3 Å². The van der Waals surface area contributed by atoms with Crippen molar-refractivity contribution >= 4 is 18.0 Å². The third-order valence-electron chi connectivity index (χ3n) is 3.52. The van der Waals surface area contributed by atoms with Crippen molar-refractivity contribution < 1.29 is 10.2 Å². The normalized spacial score (nSPS) is 16.1. The van der Waals surface area contributed by atoms with Crippen LogP contribution in [0.5, 0.6) is 11.5 Å². The topological polar surface area (TPSA) is 43.7 Å². The van der Waals surface area contributed by atoms with E-state index in [2.05, 4.69) is 18.0 Å². The van der Waals surface area contributed by atoms with Crippen molar-refractivity contribution in [3.8, 4) is 11.5 Å². The van der Waals surface area contributed by atoms with E-state index in [1.165, 1.54) is 0 Å². The molecule has 19 heavy (non-hydrogen) atoms. The van der Waals surface area contributed by atoms with E-state index in [1.807, 2.05) is 13.8 Å². The molecule has 0 fully saturated rings. The fourth-order valence-corrected chi connectivity index (χ4v) is 2.29. The van der Waals surface area contributed by atoms with Crippen LogP contribution in [0.25, 0.3) is 5.57 Å². The number of aromatic hydroxyl groups is 2. The maximum absolute atomic E-state index is 10.1. The molecule has 0 radical (unpaired) electrons. The maximum Gasteiger partial charge on any atom is 0.127 e. The van der Waals surface area contributed by atoms with E-state index < -0.39 is 0 Å². The van der Waals surface area contributed by atoms with Crippen molar-refractivity contribution in [2.45, 2.75) is 26.2 Å². The van der Waals surface area contributed by atoms with E-state index in [-0.39, 0.29) is 23.9 Å². The van der Waals surface area contributed by atoms with Gasteiger partial charge < -0.3 is 15.1 Å². The molecule has 0 unspecified atom stereocenters. The van der Waals surface area contributed by atoms with Crippen molar-refractivity contribution in [3.63, 3.8) is 0 Å². The summed E-state index contributed by atoms with van der Waals surface area (Å²) in [6.07, 6.45) is 2.94. The molecule has 1 aromatic rings. The zero-order chi connectivity index (χ0) is 13.3. The Morgan fingerprint density at radius 1 is 1.16 bits per heavy atom. The summed E-state index contributed by atoms with van der Waals surface area (Å²) >= 11 is 0. The summed E-state index contributed by atoms with van der Waals surface area (Å²) in [6, 6.07) is 3.53. The van der Waals surface area contributed by atoms with Crippen molar-refractivity contribution in [1.29, 1.82) is 0 Å². The lowest BCUT2D eigenvalue weighted by Crippen LogP contribution is -2.23. The molecule has 0 amide bonds. The molecule has 0 atom stereocenters. The zero-order valence-electron chi connectivity index (χ0n) is 11.7. The lowest BCUT2D eigenvalue weighted by molar-refractivity contribution is 0.368. The van der Waals surface area contributed by atoms with Gasteiger partial charge in [-0.25, -0.2) is 0 Å². The third-order valence-corrected chi connectivity index (χ3v) is 3.52. The number of likely N-dealkylation sites (N-methyl/N-ethyl adjacent to an activating group) is 1. The monoisotopic (exact) mass is 283 g/mol. The zero-order valence-corrected chi connectivity index (χ0v) is 12.5. The van der Waals surface area contributed by atoms with E-state index in [0.717, 1.165) is 30.6 Å². The van der Waals surface area contributed by atoms with E-state index in [0.29, 0.717) is 11.5 Å². The second-order valence-corrected chi connectivity index (χ2v) is 5.33. The second kappa shape index (κ2) is 6.31. The van der Waals surface area contributed by atoms with E-state index in [4.69, 9.17) is 0 Å². The van der Waals surface area contributed by atoms with Gasteiger partial charge in [-0.05, 0) is 42.7 Å². The van der Waals surface area contributed by atoms with Gasteiger partial charge in [-0.2, -0.15) is 0 Å². The van der Waals surface area contributed by atoms with Gasteiger partial charge in [0.25, 0.3) is 0 Å². The molecule has 106 valence electrons. The Morgan fingerprint density at radius 3 is 2.16 bits per heavy atom. The van der Waals surface area contributed by atoms with Crippen LogP contribution in [-0.2, 0) is 0 Å². The Morgan fingerprint density at radius 2 is 1.74 bits per heavy atom. The first-order valence-corrected chi connectivity index (χ1v) is 6.43. The highest BCUT2D eigenvalue weighted by Crippen LogP contribution is 2.38. The minimum absolute atomic E-state index is 0. The average Bonchev–Trinajstić information content (AvgIpc) is 2.30. The molecule has 0 bridgehead atoms. The highest BCUT2D eigenvalue weighted by molar-refractivity contribution is 5.85.